The molecule has 1 saturated heterocycles. The maximum atomic E-state index is 16.0. The van der Waals surface area contributed by atoms with Gasteiger partial charge in [-0.2, -0.15) is 0 Å². The van der Waals surface area contributed by atoms with Gasteiger partial charge in [-0.1, -0.05) is 38.1 Å². The second-order valence-corrected chi connectivity index (χ2v) is 11.7. The van der Waals surface area contributed by atoms with Gasteiger partial charge in [0.25, 0.3) is 0 Å². The number of Topliss-reactive ketones (excluding diaryl/α,β-unsaturated/α-hetero) is 1. The molecule has 1 aliphatic heterocycles. The molecule has 0 aromatic heterocycles. The van der Waals surface area contributed by atoms with Gasteiger partial charge in [-0.3, -0.25) is 4.79 Å². The molecular formula is C28H37Ac2FO8. The summed E-state index contributed by atoms with van der Waals surface area (Å²) in [5.41, 5.74) is -6.29. The summed E-state index contributed by atoms with van der Waals surface area (Å²) in [4.78, 5) is 26.9. The third-order valence-corrected chi connectivity index (χ3v) is 8.99. The summed E-state index contributed by atoms with van der Waals surface area (Å²) in [6.07, 6.45) is -6.15. The summed E-state index contributed by atoms with van der Waals surface area (Å²) < 4.78 is 27.4. The van der Waals surface area contributed by atoms with E-state index in [1.807, 2.05) is 0 Å². The number of esters is 1. The normalized spacial score (nSPS) is 38.4. The van der Waals surface area contributed by atoms with Gasteiger partial charge in [0.2, 0.25) is 0 Å². The van der Waals surface area contributed by atoms with E-state index in [-0.39, 0.29) is 113 Å². The van der Waals surface area contributed by atoms with Crippen LogP contribution in [0.2, 0.25) is 0 Å². The summed E-state index contributed by atoms with van der Waals surface area (Å²) >= 11 is 0. The molecule has 1 aromatic carbocycles. The van der Waals surface area contributed by atoms with E-state index >= 15 is 4.39 Å². The fourth-order valence-electron chi connectivity index (χ4n) is 6.61. The Morgan fingerprint density at radius 2 is 1.72 bits per heavy atom. The Balaban J connectivity index is 0.00000267. The van der Waals surface area contributed by atoms with Crippen molar-refractivity contribution in [3.05, 3.63) is 47.5 Å². The van der Waals surface area contributed by atoms with Crippen LogP contribution in [0.3, 0.4) is 0 Å². The molecule has 9 atom stereocenters. The second-order valence-electron chi connectivity index (χ2n) is 11.7. The number of halogens is 1. The molecule has 0 spiro atoms. The Kier molecular flexibility index (Phi) is 11.7. The predicted octanol–water partition coefficient (Wildman–Crippen LogP) is 2.12. The molecule has 1 aromatic rings. The van der Waals surface area contributed by atoms with Crippen molar-refractivity contribution in [2.45, 2.75) is 89.2 Å². The molecule has 2 fully saturated rings. The third-order valence-electron chi connectivity index (χ3n) is 8.99. The molecule has 2 radical (unpaired) electrons. The summed E-state index contributed by atoms with van der Waals surface area (Å²) in [5, 5.41) is 45.3. The molecule has 11 heteroatoms. The topological polar surface area (TPSA) is 134 Å². The minimum Gasteiger partial charge on any atom is -0.455 e. The van der Waals surface area contributed by atoms with Crippen molar-refractivity contribution in [2.24, 2.45) is 16.7 Å². The zero-order valence-corrected chi connectivity index (χ0v) is 32.5. The standard InChI is InChI=1S/C28H37FO8.2Ac/c1-15-12-25(3,4)28(35,13-18(15)31)23(37-24(33)17-9-7-6-8-10-17)21-26(5,22(32)16(2)30)19(29)11-20-27(21,34)14-36-20;;/h6-10,12,16,18-21,23,30-31,34-35H,11,13-14H2,1-5H3;;/t16-,18+,19+,20-,21?,23+,26-,27+,28-;;/m1../s1. The van der Waals surface area contributed by atoms with E-state index in [4.69, 9.17) is 9.47 Å². The van der Waals surface area contributed by atoms with Crippen LogP contribution >= 0.6 is 0 Å². The first kappa shape index (κ1) is 35.9. The number of ether oxygens (including phenoxy) is 2. The molecule has 210 valence electrons. The largest absolute Gasteiger partial charge is 0.455 e. The Morgan fingerprint density at radius 1 is 1.13 bits per heavy atom. The van der Waals surface area contributed by atoms with Crippen LogP contribution in [0.4, 0.5) is 4.39 Å². The van der Waals surface area contributed by atoms with Crippen molar-refractivity contribution in [2.75, 3.05) is 6.61 Å². The first-order valence-electron chi connectivity index (χ1n) is 12.7. The van der Waals surface area contributed by atoms with Crippen LogP contribution in [0.25, 0.3) is 0 Å². The number of aliphatic hydroxyl groups is 4. The van der Waals surface area contributed by atoms with E-state index in [0.717, 1.165) is 0 Å². The van der Waals surface area contributed by atoms with E-state index in [1.54, 1.807) is 45.0 Å². The number of ketones is 1. The van der Waals surface area contributed by atoms with E-state index in [1.165, 1.54) is 26.0 Å². The second kappa shape index (κ2) is 12.8. The van der Waals surface area contributed by atoms with Gasteiger partial charge in [0.1, 0.15) is 29.6 Å². The number of hydrogen-bond donors (Lipinski definition) is 4. The molecule has 4 rings (SSSR count). The van der Waals surface area contributed by atoms with Gasteiger partial charge in [0.05, 0.1) is 29.8 Å². The van der Waals surface area contributed by atoms with Gasteiger partial charge in [-0.05, 0) is 38.5 Å². The van der Waals surface area contributed by atoms with Crippen LogP contribution in [-0.4, -0.2) is 80.6 Å². The Morgan fingerprint density at radius 3 is 2.23 bits per heavy atom. The fraction of sp³-hybridized carbons (Fsp3) is 0.643. The molecule has 3 aliphatic rings. The summed E-state index contributed by atoms with van der Waals surface area (Å²) in [6.45, 7) is 7.32. The van der Waals surface area contributed by atoms with E-state index in [0.29, 0.717) is 5.57 Å². The van der Waals surface area contributed by atoms with Crippen LogP contribution in [0.5, 0.6) is 0 Å². The van der Waals surface area contributed by atoms with Gasteiger partial charge >= 0.3 is 5.97 Å². The molecule has 39 heavy (non-hydrogen) atoms. The number of hydrogen-bond acceptors (Lipinski definition) is 8. The van der Waals surface area contributed by atoms with Crippen LogP contribution < -0.4 is 0 Å². The molecule has 8 nitrogen and oxygen atoms in total. The van der Waals surface area contributed by atoms with E-state index < -0.39 is 70.3 Å². The number of benzene rings is 1. The number of aliphatic hydroxyl groups excluding tert-OH is 2. The van der Waals surface area contributed by atoms with Crippen molar-refractivity contribution >= 4 is 11.8 Å². The van der Waals surface area contributed by atoms with Crippen molar-refractivity contribution in [3.63, 3.8) is 0 Å². The quantitative estimate of drug-likeness (QED) is 0.252. The molecule has 1 saturated carbocycles. The Labute approximate surface area is 300 Å². The summed E-state index contributed by atoms with van der Waals surface area (Å²) in [5.74, 6) is -3.22. The van der Waals surface area contributed by atoms with Crippen LogP contribution in [0, 0.1) is 105 Å². The van der Waals surface area contributed by atoms with Crippen molar-refractivity contribution < 1.29 is 132 Å². The van der Waals surface area contributed by atoms with Crippen LogP contribution in [-0.2, 0) is 14.3 Å². The maximum Gasteiger partial charge on any atom is 0.338 e. The molecule has 2 aliphatic carbocycles. The fourth-order valence-corrected chi connectivity index (χ4v) is 6.61. The van der Waals surface area contributed by atoms with Gasteiger partial charge in [0.15, 0.2) is 5.78 Å². The van der Waals surface area contributed by atoms with Gasteiger partial charge in [-0.25, -0.2) is 9.18 Å². The van der Waals surface area contributed by atoms with Crippen molar-refractivity contribution in [1.29, 1.82) is 0 Å². The Hall–Kier alpha value is 0.713. The maximum absolute atomic E-state index is 16.0. The van der Waals surface area contributed by atoms with Gasteiger partial charge in [-0.15, -0.1) is 0 Å². The third kappa shape index (κ3) is 5.94. The molecule has 1 heterocycles. The number of alkyl halides is 1. The van der Waals surface area contributed by atoms with Crippen LogP contribution in [0.15, 0.2) is 42.0 Å². The van der Waals surface area contributed by atoms with Crippen molar-refractivity contribution in [1.82, 2.24) is 0 Å². The zero-order chi connectivity index (χ0) is 27.6. The van der Waals surface area contributed by atoms with Gasteiger partial charge in [0, 0.05) is 112 Å². The number of fused-ring (bicyclic) bond motifs is 1. The minimum absolute atomic E-state index is 0. The van der Waals surface area contributed by atoms with Crippen LogP contribution in [0.1, 0.15) is 57.8 Å². The number of carbonyl (C=O) groups excluding carboxylic acids is 2. The molecule has 4 N–H and O–H groups in total. The molecule has 0 bridgehead atoms. The number of carbonyl (C=O) groups is 2. The number of rotatable bonds is 6. The monoisotopic (exact) mass is 974 g/mol. The zero-order valence-electron chi connectivity index (χ0n) is 23.0. The van der Waals surface area contributed by atoms with Gasteiger partial charge < -0.3 is 29.9 Å². The average Bonchev–Trinajstić information content (AvgIpc) is 2.83. The first-order chi connectivity index (χ1) is 17.1. The Bertz CT molecular complexity index is 1100. The summed E-state index contributed by atoms with van der Waals surface area (Å²) in [6, 6.07) is 7.99. The predicted molar refractivity (Wildman–Crippen MR) is 131 cm³/mol. The SMILES string of the molecule is CC1=CC(C)(C)[C@](O)([C@@H](OC(=O)c2ccccc2)C2[C@]3(O)CO[C@@H]3C[C@H](F)[C@@]2(C)C(=O)[C@@H](C)O)C[C@@H]1O.[Ac].[Ac]. The molecular weight excluding hydrogens is 937 g/mol. The molecule has 0 amide bonds. The smallest absolute Gasteiger partial charge is 0.338 e. The minimum atomic E-state index is -2.04. The summed E-state index contributed by atoms with van der Waals surface area (Å²) in [7, 11) is 0. The average molecular weight is 975 g/mol. The van der Waals surface area contributed by atoms with E-state index in [9.17, 15) is 30.0 Å². The molecule has 1 unspecified atom stereocenters. The van der Waals surface area contributed by atoms with Crippen molar-refractivity contribution in [3.8, 4) is 0 Å². The van der Waals surface area contributed by atoms with E-state index in [2.05, 4.69) is 0 Å². The first-order valence-corrected chi connectivity index (χ1v) is 12.7.